The highest BCUT2D eigenvalue weighted by Crippen LogP contribution is 2.05. The summed E-state index contributed by atoms with van der Waals surface area (Å²) in [4.78, 5) is 23.6. The van der Waals surface area contributed by atoms with Gasteiger partial charge in [0, 0.05) is 17.9 Å². The Morgan fingerprint density at radius 3 is 2.73 bits per heavy atom. The predicted molar refractivity (Wildman–Crippen MR) is 82.6 cm³/mol. The number of nitrogens with one attached hydrogen (secondary N) is 3. The molecule has 3 amide bonds. The molecule has 3 N–H and O–H groups in total. The van der Waals surface area contributed by atoms with Crippen LogP contribution in [0.15, 0.2) is 24.3 Å². The highest BCUT2D eigenvalue weighted by molar-refractivity contribution is 7.98. The SMILES string of the molecule is CSCC(NC(=O)NCc1ccccc1F)C(=O)NCC#N. The summed E-state index contributed by atoms with van der Waals surface area (Å²) in [5.74, 6) is -0.475. The molecule has 0 saturated heterocycles. The van der Waals surface area contributed by atoms with E-state index >= 15 is 0 Å². The van der Waals surface area contributed by atoms with Crippen LogP contribution in [0.4, 0.5) is 9.18 Å². The molecular formula is C14H17FN4O2S. The number of carbonyl (C=O) groups is 2. The molecular weight excluding hydrogens is 307 g/mol. The minimum absolute atomic E-state index is 0.0182. The monoisotopic (exact) mass is 324 g/mol. The summed E-state index contributed by atoms with van der Waals surface area (Å²) >= 11 is 1.38. The van der Waals surface area contributed by atoms with Crippen molar-refractivity contribution >= 4 is 23.7 Å². The standard InChI is InChI=1S/C14H17FN4O2S/c1-22-9-12(13(20)17-7-6-16)19-14(21)18-8-10-4-2-3-5-11(10)15/h2-5,12H,7-9H2,1H3,(H,17,20)(H2,18,19,21). The number of nitrogens with zero attached hydrogens (tertiary/aromatic N) is 1. The van der Waals surface area contributed by atoms with Crippen LogP contribution in [0.2, 0.25) is 0 Å². The number of benzene rings is 1. The zero-order valence-corrected chi connectivity index (χ0v) is 12.9. The summed E-state index contributed by atoms with van der Waals surface area (Å²) in [7, 11) is 0. The van der Waals surface area contributed by atoms with Crippen LogP contribution in [0.3, 0.4) is 0 Å². The Kier molecular flexibility index (Phi) is 7.78. The molecule has 0 spiro atoms. The maximum atomic E-state index is 13.4. The van der Waals surface area contributed by atoms with Gasteiger partial charge >= 0.3 is 6.03 Å². The first-order valence-corrected chi connectivity index (χ1v) is 7.89. The third-order valence-corrected chi connectivity index (χ3v) is 3.36. The molecule has 1 unspecified atom stereocenters. The molecule has 1 aromatic rings. The Bertz CT molecular complexity index is 562. The number of hydrogen-bond donors (Lipinski definition) is 3. The van der Waals surface area contributed by atoms with Crippen LogP contribution in [-0.4, -0.2) is 36.5 Å². The van der Waals surface area contributed by atoms with Crippen molar-refractivity contribution in [3.05, 3.63) is 35.6 Å². The van der Waals surface area contributed by atoms with E-state index in [9.17, 15) is 14.0 Å². The summed E-state index contributed by atoms with van der Waals surface area (Å²) in [5.41, 5.74) is 0.355. The van der Waals surface area contributed by atoms with E-state index in [1.807, 2.05) is 0 Å². The maximum absolute atomic E-state index is 13.4. The quantitative estimate of drug-likeness (QED) is 0.652. The lowest BCUT2D eigenvalue weighted by Crippen LogP contribution is -2.51. The topological polar surface area (TPSA) is 94.0 Å². The Labute approximate surface area is 132 Å². The predicted octanol–water partition coefficient (Wildman–Crippen LogP) is 0.996. The molecule has 118 valence electrons. The van der Waals surface area contributed by atoms with Crippen molar-refractivity contribution in [2.24, 2.45) is 0 Å². The zero-order chi connectivity index (χ0) is 16.4. The van der Waals surface area contributed by atoms with E-state index in [0.717, 1.165) is 0 Å². The van der Waals surface area contributed by atoms with E-state index in [4.69, 9.17) is 5.26 Å². The number of nitriles is 1. The van der Waals surface area contributed by atoms with Crippen LogP contribution in [0.5, 0.6) is 0 Å². The van der Waals surface area contributed by atoms with Crippen LogP contribution in [0.25, 0.3) is 0 Å². The van der Waals surface area contributed by atoms with E-state index in [1.165, 1.54) is 17.8 Å². The van der Waals surface area contributed by atoms with Crippen LogP contribution < -0.4 is 16.0 Å². The highest BCUT2D eigenvalue weighted by atomic mass is 32.2. The lowest BCUT2D eigenvalue weighted by atomic mass is 10.2. The summed E-state index contributed by atoms with van der Waals surface area (Å²) in [5, 5.41) is 15.8. The number of carbonyl (C=O) groups excluding carboxylic acids is 2. The molecule has 0 saturated carbocycles. The summed E-state index contributed by atoms with van der Waals surface area (Å²) in [6.07, 6.45) is 1.80. The fourth-order valence-electron chi connectivity index (χ4n) is 1.63. The van der Waals surface area contributed by atoms with Gasteiger partial charge in [-0.1, -0.05) is 18.2 Å². The van der Waals surface area contributed by atoms with Crippen LogP contribution in [0.1, 0.15) is 5.56 Å². The van der Waals surface area contributed by atoms with Gasteiger partial charge in [0.05, 0.1) is 6.07 Å². The molecule has 0 aromatic heterocycles. The second-order valence-electron chi connectivity index (χ2n) is 4.30. The van der Waals surface area contributed by atoms with E-state index in [-0.39, 0.29) is 13.1 Å². The normalized spacial score (nSPS) is 11.1. The molecule has 1 atom stereocenters. The van der Waals surface area contributed by atoms with Gasteiger partial charge in [0.25, 0.3) is 0 Å². The van der Waals surface area contributed by atoms with Crippen LogP contribution in [-0.2, 0) is 11.3 Å². The van der Waals surface area contributed by atoms with Crippen molar-refractivity contribution in [1.29, 1.82) is 5.26 Å². The number of rotatable bonds is 7. The lowest BCUT2D eigenvalue weighted by molar-refractivity contribution is -0.122. The van der Waals surface area contributed by atoms with E-state index in [0.29, 0.717) is 11.3 Å². The van der Waals surface area contributed by atoms with Crippen molar-refractivity contribution in [3.63, 3.8) is 0 Å². The first-order chi connectivity index (χ1) is 10.6. The maximum Gasteiger partial charge on any atom is 0.315 e. The van der Waals surface area contributed by atoms with Crippen molar-refractivity contribution < 1.29 is 14.0 Å². The van der Waals surface area contributed by atoms with Gasteiger partial charge in [-0.15, -0.1) is 0 Å². The zero-order valence-electron chi connectivity index (χ0n) is 12.1. The molecule has 1 rings (SSSR count). The van der Waals surface area contributed by atoms with Crippen molar-refractivity contribution in [1.82, 2.24) is 16.0 Å². The smallest absolute Gasteiger partial charge is 0.315 e. The number of urea groups is 1. The van der Waals surface area contributed by atoms with Crippen LogP contribution in [0, 0.1) is 17.1 Å². The molecule has 22 heavy (non-hydrogen) atoms. The van der Waals surface area contributed by atoms with Gasteiger partial charge in [-0.05, 0) is 12.3 Å². The molecule has 0 aliphatic carbocycles. The van der Waals surface area contributed by atoms with Gasteiger partial charge in [-0.2, -0.15) is 17.0 Å². The van der Waals surface area contributed by atoms with Gasteiger partial charge in [0.2, 0.25) is 5.91 Å². The molecule has 0 radical (unpaired) electrons. The summed E-state index contributed by atoms with van der Waals surface area (Å²) in [6.45, 7) is -0.105. The molecule has 0 aliphatic heterocycles. The molecule has 0 bridgehead atoms. The molecule has 0 fully saturated rings. The van der Waals surface area contributed by atoms with E-state index in [1.54, 1.807) is 30.5 Å². The summed E-state index contributed by atoms with van der Waals surface area (Å²) in [6, 6.07) is 6.56. The third kappa shape index (κ3) is 6.01. The Balaban J connectivity index is 2.51. The minimum Gasteiger partial charge on any atom is -0.341 e. The third-order valence-electron chi connectivity index (χ3n) is 2.69. The Morgan fingerprint density at radius 2 is 2.09 bits per heavy atom. The van der Waals surface area contributed by atoms with E-state index in [2.05, 4.69) is 16.0 Å². The lowest BCUT2D eigenvalue weighted by Gasteiger charge is -2.17. The fraction of sp³-hybridized carbons (Fsp3) is 0.357. The Morgan fingerprint density at radius 1 is 1.36 bits per heavy atom. The number of halogens is 1. The first kappa shape index (κ1) is 17.8. The van der Waals surface area contributed by atoms with Gasteiger partial charge in [0.15, 0.2) is 0 Å². The van der Waals surface area contributed by atoms with Gasteiger partial charge in [0.1, 0.15) is 18.4 Å². The minimum atomic E-state index is -0.760. The summed E-state index contributed by atoms with van der Waals surface area (Å²) < 4.78 is 13.4. The largest absolute Gasteiger partial charge is 0.341 e. The van der Waals surface area contributed by atoms with Gasteiger partial charge in [-0.3, -0.25) is 4.79 Å². The molecule has 1 aromatic carbocycles. The average molecular weight is 324 g/mol. The van der Waals surface area contributed by atoms with Crippen molar-refractivity contribution in [2.45, 2.75) is 12.6 Å². The average Bonchev–Trinajstić information content (AvgIpc) is 2.51. The highest BCUT2D eigenvalue weighted by Gasteiger charge is 2.19. The van der Waals surface area contributed by atoms with E-state index < -0.39 is 23.8 Å². The number of amides is 3. The van der Waals surface area contributed by atoms with Crippen LogP contribution >= 0.6 is 11.8 Å². The number of hydrogen-bond acceptors (Lipinski definition) is 4. The molecule has 6 nitrogen and oxygen atoms in total. The molecule has 8 heteroatoms. The molecule has 0 heterocycles. The van der Waals surface area contributed by atoms with Crippen molar-refractivity contribution in [2.75, 3.05) is 18.6 Å². The first-order valence-electron chi connectivity index (χ1n) is 6.49. The van der Waals surface area contributed by atoms with Crippen molar-refractivity contribution in [3.8, 4) is 6.07 Å². The fourth-order valence-corrected chi connectivity index (χ4v) is 2.19. The second kappa shape index (κ2) is 9.63. The van der Waals surface area contributed by atoms with Gasteiger partial charge < -0.3 is 16.0 Å². The second-order valence-corrected chi connectivity index (χ2v) is 5.21. The van der Waals surface area contributed by atoms with Gasteiger partial charge in [-0.25, -0.2) is 9.18 Å². The Hall–Kier alpha value is -2.27. The molecule has 0 aliphatic rings. The number of thioether (sulfide) groups is 1.